The third kappa shape index (κ3) is 2.40. The summed E-state index contributed by atoms with van der Waals surface area (Å²) in [4.78, 5) is 18.2. The average Bonchev–Trinajstić information content (AvgIpc) is 3.03. The van der Waals surface area contributed by atoms with Gasteiger partial charge in [0.05, 0.1) is 30.2 Å². The van der Waals surface area contributed by atoms with Crippen LogP contribution in [-0.4, -0.2) is 31.2 Å². The number of carbonyl (C=O) groups is 1. The number of methoxy groups -OCH3 is 1. The molecule has 0 radical (unpaired) electrons. The lowest BCUT2D eigenvalue weighted by Gasteiger charge is -2.18. The van der Waals surface area contributed by atoms with Crippen LogP contribution in [0, 0.1) is 17.2 Å². The van der Waals surface area contributed by atoms with E-state index in [0.717, 1.165) is 29.7 Å². The maximum absolute atomic E-state index is 11.6. The van der Waals surface area contributed by atoms with Gasteiger partial charge in [0, 0.05) is 18.5 Å². The van der Waals surface area contributed by atoms with Crippen LogP contribution in [0.25, 0.3) is 10.9 Å². The van der Waals surface area contributed by atoms with Gasteiger partial charge >= 0.3 is 5.97 Å². The van der Waals surface area contributed by atoms with E-state index < -0.39 is 0 Å². The first kappa shape index (κ1) is 13.4. The van der Waals surface area contributed by atoms with Gasteiger partial charge in [0.2, 0.25) is 0 Å². The van der Waals surface area contributed by atoms with E-state index in [1.54, 1.807) is 6.07 Å². The van der Waals surface area contributed by atoms with Gasteiger partial charge in [-0.15, -0.1) is 0 Å². The van der Waals surface area contributed by atoms with E-state index in [-0.39, 0.29) is 11.9 Å². The number of anilines is 1. The second kappa shape index (κ2) is 5.41. The lowest BCUT2D eigenvalue weighted by Crippen LogP contribution is -2.24. The third-order valence-corrected chi connectivity index (χ3v) is 3.87. The first-order valence-electron chi connectivity index (χ1n) is 6.85. The van der Waals surface area contributed by atoms with Gasteiger partial charge in [-0.05, 0) is 18.6 Å². The normalized spacial score (nSPS) is 17.7. The summed E-state index contributed by atoms with van der Waals surface area (Å²) >= 11 is 0. The summed E-state index contributed by atoms with van der Waals surface area (Å²) in [7, 11) is 1.41. The smallest absolute Gasteiger partial charge is 0.310 e. The zero-order valence-corrected chi connectivity index (χ0v) is 11.7. The number of aromatic nitrogens is 1. The molecule has 1 aliphatic rings. The van der Waals surface area contributed by atoms with Crippen molar-refractivity contribution in [1.29, 1.82) is 5.26 Å². The molecule has 2 heterocycles. The van der Waals surface area contributed by atoms with Gasteiger partial charge in [-0.2, -0.15) is 5.26 Å². The summed E-state index contributed by atoms with van der Waals surface area (Å²) in [5, 5.41) is 10.2. The minimum Gasteiger partial charge on any atom is -0.469 e. The number of nitrogens with zero attached hydrogens (tertiary/aromatic N) is 3. The Morgan fingerprint density at radius 1 is 1.48 bits per heavy atom. The Bertz CT molecular complexity index is 736. The lowest BCUT2D eigenvalue weighted by atomic mass is 10.1. The fourth-order valence-electron chi connectivity index (χ4n) is 2.74. The molecular weight excluding hydrogens is 266 g/mol. The maximum Gasteiger partial charge on any atom is 0.310 e. The van der Waals surface area contributed by atoms with Crippen molar-refractivity contribution >= 4 is 22.7 Å². The minimum atomic E-state index is -0.182. The van der Waals surface area contributed by atoms with E-state index in [2.05, 4.69) is 11.1 Å². The van der Waals surface area contributed by atoms with Gasteiger partial charge in [-0.25, -0.2) is 4.98 Å². The molecule has 0 N–H and O–H groups in total. The maximum atomic E-state index is 11.6. The quantitative estimate of drug-likeness (QED) is 0.789. The number of ether oxygens (including phenoxy) is 1. The molecule has 1 aromatic carbocycles. The van der Waals surface area contributed by atoms with Crippen LogP contribution in [0.15, 0.2) is 30.3 Å². The molecule has 1 fully saturated rings. The van der Waals surface area contributed by atoms with E-state index in [0.29, 0.717) is 12.1 Å². The third-order valence-electron chi connectivity index (χ3n) is 3.87. The first-order valence-corrected chi connectivity index (χ1v) is 6.85. The van der Waals surface area contributed by atoms with Crippen LogP contribution in [0.4, 0.5) is 5.82 Å². The van der Waals surface area contributed by atoms with Crippen LogP contribution in [0.5, 0.6) is 0 Å². The molecule has 3 rings (SSSR count). The number of nitriles is 1. The number of rotatable bonds is 2. The summed E-state index contributed by atoms with van der Waals surface area (Å²) in [6.45, 7) is 1.33. The van der Waals surface area contributed by atoms with Crippen molar-refractivity contribution in [2.45, 2.75) is 6.42 Å². The number of hydrogen-bond donors (Lipinski definition) is 0. The topological polar surface area (TPSA) is 66.2 Å². The summed E-state index contributed by atoms with van der Waals surface area (Å²) in [6, 6.07) is 11.6. The molecule has 0 aliphatic carbocycles. The number of esters is 1. The summed E-state index contributed by atoms with van der Waals surface area (Å²) in [6.07, 6.45) is 0.753. The van der Waals surface area contributed by atoms with Crippen LogP contribution in [0.1, 0.15) is 12.0 Å². The van der Waals surface area contributed by atoms with Crippen LogP contribution >= 0.6 is 0 Å². The van der Waals surface area contributed by atoms with Crippen molar-refractivity contribution in [1.82, 2.24) is 4.98 Å². The molecule has 0 amide bonds. The Hall–Kier alpha value is -2.61. The Labute approximate surface area is 122 Å². The number of para-hydroxylation sites is 1. The molecule has 1 atom stereocenters. The predicted molar refractivity (Wildman–Crippen MR) is 78.8 cm³/mol. The van der Waals surface area contributed by atoms with Crippen molar-refractivity contribution in [3.63, 3.8) is 0 Å². The highest BCUT2D eigenvalue weighted by molar-refractivity contribution is 5.86. The molecule has 5 nitrogen and oxygen atoms in total. The highest BCUT2D eigenvalue weighted by Crippen LogP contribution is 2.27. The van der Waals surface area contributed by atoms with E-state index in [1.165, 1.54) is 7.11 Å². The Morgan fingerprint density at radius 3 is 3.05 bits per heavy atom. The molecule has 5 heteroatoms. The molecule has 0 saturated carbocycles. The molecule has 21 heavy (non-hydrogen) atoms. The molecular formula is C16H15N3O2. The van der Waals surface area contributed by atoms with Crippen molar-refractivity contribution < 1.29 is 9.53 Å². The van der Waals surface area contributed by atoms with Crippen molar-refractivity contribution in [3.8, 4) is 6.07 Å². The Kier molecular flexibility index (Phi) is 3.44. The SMILES string of the molecule is COC(=O)C1CCN(c2cc(C#N)c3ccccc3n2)C1. The van der Waals surface area contributed by atoms with Gasteiger partial charge in [0.25, 0.3) is 0 Å². The molecule has 1 aliphatic heterocycles. The highest BCUT2D eigenvalue weighted by atomic mass is 16.5. The van der Waals surface area contributed by atoms with Gasteiger partial charge in [-0.3, -0.25) is 4.79 Å². The molecule has 106 valence electrons. The summed E-state index contributed by atoms with van der Waals surface area (Å²) in [5.41, 5.74) is 1.41. The van der Waals surface area contributed by atoms with Gasteiger partial charge < -0.3 is 9.64 Å². The second-order valence-electron chi connectivity index (χ2n) is 5.11. The van der Waals surface area contributed by atoms with Gasteiger partial charge in [-0.1, -0.05) is 18.2 Å². The first-order chi connectivity index (χ1) is 10.2. The number of carbonyl (C=O) groups excluding carboxylic acids is 1. The van der Waals surface area contributed by atoms with Crippen molar-refractivity contribution in [2.24, 2.45) is 5.92 Å². The largest absolute Gasteiger partial charge is 0.469 e. The monoisotopic (exact) mass is 281 g/mol. The zero-order chi connectivity index (χ0) is 14.8. The molecule has 0 bridgehead atoms. The molecule has 0 spiro atoms. The summed E-state index contributed by atoms with van der Waals surface area (Å²) < 4.78 is 4.80. The minimum absolute atomic E-state index is 0.117. The standard InChI is InChI=1S/C16H15N3O2/c1-21-16(20)11-6-7-19(10-11)15-8-12(9-17)13-4-2-3-5-14(13)18-15/h2-5,8,11H,6-7,10H2,1H3. The van der Waals surface area contributed by atoms with Crippen molar-refractivity contribution in [3.05, 3.63) is 35.9 Å². The van der Waals surface area contributed by atoms with Crippen LogP contribution in [0.2, 0.25) is 0 Å². The number of hydrogen-bond acceptors (Lipinski definition) is 5. The van der Waals surface area contributed by atoms with E-state index >= 15 is 0 Å². The fraction of sp³-hybridized carbons (Fsp3) is 0.312. The van der Waals surface area contributed by atoms with E-state index in [9.17, 15) is 10.1 Å². The summed E-state index contributed by atoms with van der Waals surface area (Å²) in [5.74, 6) is 0.448. The van der Waals surface area contributed by atoms with Gasteiger partial charge in [0.15, 0.2) is 0 Å². The molecule has 1 saturated heterocycles. The van der Waals surface area contributed by atoms with Crippen LogP contribution < -0.4 is 4.90 Å². The zero-order valence-electron chi connectivity index (χ0n) is 11.7. The van der Waals surface area contributed by atoms with E-state index in [4.69, 9.17) is 4.74 Å². The molecule has 2 aromatic rings. The van der Waals surface area contributed by atoms with Gasteiger partial charge in [0.1, 0.15) is 5.82 Å². The van der Waals surface area contributed by atoms with Crippen molar-refractivity contribution in [2.75, 3.05) is 25.1 Å². The second-order valence-corrected chi connectivity index (χ2v) is 5.11. The Balaban J connectivity index is 1.95. The van der Waals surface area contributed by atoms with E-state index in [1.807, 2.05) is 29.2 Å². The lowest BCUT2D eigenvalue weighted by molar-refractivity contribution is -0.144. The fourth-order valence-corrected chi connectivity index (χ4v) is 2.74. The Morgan fingerprint density at radius 2 is 2.29 bits per heavy atom. The highest BCUT2D eigenvalue weighted by Gasteiger charge is 2.30. The number of benzene rings is 1. The number of pyridine rings is 1. The number of fused-ring (bicyclic) bond motifs is 1. The predicted octanol–water partition coefficient (Wildman–Crippen LogP) is 2.11. The molecule has 1 unspecified atom stereocenters. The molecule has 1 aromatic heterocycles. The average molecular weight is 281 g/mol. The van der Waals surface area contributed by atoms with Crippen LogP contribution in [0.3, 0.4) is 0 Å². The van der Waals surface area contributed by atoms with Crippen LogP contribution in [-0.2, 0) is 9.53 Å².